The van der Waals surface area contributed by atoms with Gasteiger partial charge in [0.15, 0.2) is 0 Å². The maximum absolute atomic E-state index is 13.2. The molecule has 132 valence electrons. The minimum absolute atomic E-state index is 0.209. The Hall–Kier alpha value is -2.59. The standard InChI is InChI=1S/C21H19ClN2O2/c1-2-15-7-9-16(10-8-15)14-23-19(25)21(24(22)20(23)26)12-11-17-5-3-4-6-18(17)13-21/h2-10H,1,11-14H2. The van der Waals surface area contributed by atoms with E-state index in [1.807, 2.05) is 42.5 Å². The Bertz CT molecular complexity index is 893. The lowest BCUT2D eigenvalue weighted by molar-refractivity contribution is -0.133. The number of nitrogens with zero attached hydrogens (tertiary/aromatic N) is 2. The van der Waals surface area contributed by atoms with Gasteiger partial charge in [-0.05, 0) is 35.1 Å². The number of amides is 3. The molecule has 1 atom stereocenters. The minimum atomic E-state index is -0.978. The van der Waals surface area contributed by atoms with Crippen LogP contribution in [-0.4, -0.2) is 26.8 Å². The Balaban J connectivity index is 1.62. The molecular weight excluding hydrogens is 348 g/mol. The second-order valence-electron chi connectivity index (χ2n) is 6.88. The number of urea groups is 1. The summed E-state index contributed by atoms with van der Waals surface area (Å²) in [4.78, 5) is 27.2. The van der Waals surface area contributed by atoms with Gasteiger partial charge in [-0.15, -0.1) is 0 Å². The molecule has 2 aromatic rings. The second kappa shape index (κ2) is 6.29. The van der Waals surface area contributed by atoms with E-state index in [0.29, 0.717) is 12.8 Å². The summed E-state index contributed by atoms with van der Waals surface area (Å²) < 4.78 is 1.13. The highest BCUT2D eigenvalue weighted by Gasteiger charge is 2.58. The van der Waals surface area contributed by atoms with Crippen molar-refractivity contribution in [2.75, 3.05) is 0 Å². The van der Waals surface area contributed by atoms with Crippen LogP contribution in [0.2, 0.25) is 0 Å². The first kappa shape index (κ1) is 16.9. The zero-order valence-electron chi connectivity index (χ0n) is 14.3. The van der Waals surface area contributed by atoms with Crippen LogP contribution in [0, 0.1) is 0 Å². The summed E-state index contributed by atoms with van der Waals surface area (Å²) in [6, 6.07) is 15.2. The molecule has 1 saturated heterocycles. The van der Waals surface area contributed by atoms with Crippen LogP contribution in [0.4, 0.5) is 4.79 Å². The van der Waals surface area contributed by atoms with Gasteiger partial charge in [0.25, 0.3) is 5.91 Å². The van der Waals surface area contributed by atoms with Crippen molar-refractivity contribution >= 4 is 29.8 Å². The van der Waals surface area contributed by atoms with Crippen molar-refractivity contribution in [3.63, 3.8) is 0 Å². The number of hydrogen-bond donors (Lipinski definition) is 0. The number of aryl methyl sites for hydroxylation is 1. The van der Waals surface area contributed by atoms with Crippen molar-refractivity contribution in [3.8, 4) is 0 Å². The van der Waals surface area contributed by atoms with Crippen LogP contribution in [-0.2, 0) is 24.2 Å². The van der Waals surface area contributed by atoms with E-state index in [1.54, 1.807) is 6.08 Å². The molecule has 1 heterocycles. The van der Waals surface area contributed by atoms with Crippen LogP contribution in [0.25, 0.3) is 6.08 Å². The van der Waals surface area contributed by atoms with Crippen LogP contribution in [0.15, 0.2) is 55.1 Å². The van der Waals surface area contributed by atoms with E-state index >= 15 is 0 Å². The quantitative estimate of drug-likeness (QED) is 0.604. The average Bonchev–Trinajstić information content (AvgIpc) is 2.85. The number of fused-ring (bicyclic) bond motifs is 1. The second-order valence-corrected chi connectivity index (χ2v) is 7.22. The zero-order valence-corrected chi connectivity index (χ0v) is 15.1. The number of halogens is 1. The molecule has 4 rings (SSSR count). The summed E-state index contributed by atoms with van der Waals surface area (Å²) in [5.41, 5.74) is 3.21. The first-order valence-electron chi connectivity index (χ1n) is 8.65. The molecule has 1 fully saturated rings. The van der Waals surface area contributed by atoms with E-state index in [9.17, 15) is 9.59 Å². The van der Waals surface area contributed by atoms with E-state index in [1.165, 1.54) is 10.5 Å². The van der Waals surface area contributed by atoms with Gasteiger partial charge in [-0.3, -0.25) is 9.69 Å². The van der Waals surface area contributed by atoms with Crippen molar-refractivity contribution < 1.29 is 9.59 Å². The molecule has 0 bridgehead atoms. The number of hydrogen-bond acceptors (Lipinski definition) is 2. The Kier molecular flexibility index (Phi) is 4.08. The summed E-state index contributed by atoms with van der Waals surface area (Å²) >= 11 is 6.38. The number of carbonyl (C=O) groups excluding carboxylic acids is 2. The summed E-state index contributed by atoms with van der Waals surface area (Å²) in [6.45, 7) is 3.95. The summed E-state index contributed by atoms with van der Waals surface area (Å²) in [5, 5.41) is 0. The van der Waals surface area contributed by atoms with Crippen LogP contribution in [0.1, 0.15) is 28.7 Å². The molecule has 0 saturated carbocycles. The summed E-state index contributed by atoms with van der Waals surface area (Å²) in [6.07, 6.45) is 3.50. The van der Waals surface area contributed by atoms with Crippen molar-refractivity contribution in [3.05, 3.63) is 77.4 Å². The molecule has 1 spiro atoms. The first-order valence-corrected chi connectivity index (χ1v) is 8.99. The number of benzene rings is 2. The van der Waals surface area contributed by atoms with Gasteiger partial charge < -0.3 is 0 Å². The van der Waals surface area contributed by atoms with E-state index in [0.717, 1.165) is 27.5 Å². The van der Waals surface area contributed by atoms with E-state index in [-0.39, 0.29) is 12.5 Å². The normalized spacial score (nSPS) is 22.0. The highest BCUT2D eigenvalue weighted by molar-refractivity contribution is 6.28. The molecule has 4 nitrogen and oxygen atoms in total. The fourth-order valence-electron chi connectivity index (χ4n) is 3.86. The molecular formula is C21H19ClN2O2. The lowest BCUT2D eigenvalue weighted by Crippen LogP contribution is -2.50. The van der Waals surface area contributed by atoms with Crippen molar-refractivity contribution in [2.45, 2.75) is 31.3 Å². The topological polar surface area (TPSA) is 40.6 Å². The molecule has 0 N–H and O–H groups in total. The van der Waals surface area contributed by atoms with Crippen LogP contribution < -0.4 is 0 Å². The van der Waals surface area contributed by atoms with E-state index in [2.05, 4.69) is 12.6 Å². The molecule has 2 aliphatic rings. The molecule has 26 heavy (non-hydrogen) atoms. The Morgan fingerprint density at radius 1 is 1.08 bits per heavy atom. The Morgan fingerprint density at radius 2 is 1.77 bits per heavy atom. The van der Waals surface area contributed by atoms with Crippen LogP contribution >= 0.6 is 11.8 Å². The maximum atomic E-state index is 13.2. The smallest absolute Gasteiger partial charge is 0.272 e. The molecule has 0 aromatic heterocycles. The highest BCUT2D eigenvalue weighted by Crippen LogP contribution is 2.41. The Morgan fingerprint density at radius 3 is 2.46 bits per heavy atom. The van der Waals surface area contributed by atoms with Gasteiger partial charge in [0.05, 0.1) is 6.54 Å². The van der Waals surface area contributed by atoms with Crippen molar-refractivity contribution in [1.29, 1.82) is 0 Å². The molecule has 5 heteroatoms. The number of rotatable bonds is 3. The van der Waals surface area contributed by atoms with Gasteiger partial charge in [-0.25, -0.2) is 9.21 Å². The van der Waals surface area contributed by atoms with Gasteiger partial charge in [-0.2, -0.15) is 0 Å². The van der Waals surface area contributed by atoms with Crippen molar-refractivity contribution in [1.82, 2.24) is 9.32 Å². The Labute approximate surface area is 157 Å². The average molecular weight is 367 g/mol. The largest absolute Gasteiger partial charge is 0.342 e. The molecule has 3 amide bonds. The van der Waals surface area contributed by atoms with Crippen LogP contribution in [0.3, 0.4) is 0 Å². The van der Waals surface area contributed by atoms with Gasteiger partial charge in [-0.1, -0.05) is 61.2 Å². The van der Waals surface area contributed by atoms with Crippen LogP contribution in [0.5, 0.6) is 0 Å². The summed E-state index contributed by atoms with van der Waals surface area (Å²) in [7, 11) is 0. The van der Waals surface area contributed by atoms with E-state index in [4.69, 9.17) is 11.8 Å². The fraction of sp³-hybridized carbons (Fsp3) is 0.238. The highest BCUT2D eigenvalue weighted by atomic mass is 35.5. The van der Waals surface area contributed by atoms with Gasteiger partial charge >= 0.3 is 6.03 Å². The monoisotopic (exact) mass is 366 g/mol. The van der Waals surface area contributed by atoms with E-state index < -0.39 is 11.6 Å². The predicted octanol–water partition coefficient (Wildman–Crippen LogP) is 4.18. The molecule has 1 unspecified atom stereocenters. The number of carbonyl (C=O) groups is 2. The number of imide groups is 1. The molecule has 2 aromatic carbocycles. The molecule has 1 aliphatic heterocycles. The van der Waals surface area contributed by atoms with Gasteiger partial charge in [0, 0.05) is 18.2 Å². The molecule has 1 aliphatic carbocycles. The van der Waals surface area contributed by atoms with Gasteiger partial charge in [0.1, 0.15) is 5.54 Å². The zero-order chi connectivity index (χ0) is 18.3. The summed E-state index contributed by atoms with van der Waals surface area (Å²) in [5.74, 6) is -0.209. The third-order valence-corrected chi connectivity index (χ3v) is 5.85. The SMILES string of the molecule is C=Cc1ccc(CN2C(=O)N(Cl)C3(CCc4ccccc4C3)C2=O)cc1. The third kappa shape index (κ3) is 2.53. The van der Waals surface area contributed by atoms with Gasteiger partial charge in [0.2, 0.25) is 0 Å². The first-order chi connectivity index (χ1) is 12.5. The lowest BCUT2D eigenvalue weighted by Gasteiger charge is -2.35. The van der Waals surface area contributed by atoms with Crippen molar-refractivity contribution in [2.24, 2.45) is 0 Å². The predicted molar refractivity (Wildman–Crippen MR) is 101 cm³/mol. The maximum Gasteiger partial charge on any atom is 0.342 e. The molecule has 0 radical (unpaired) electrons. The minimum Gasteiger partial charge on any atom is -0.272 e. The fourth-order valence-corrected chi connectivity index (χ4v) is 4.17. The lowest BCUT2D eigenvalue weighted by atomic mass is 9.78. The third-order valence-electron chi connectivity index (χ3n) is 5.38.